The second-order valence-corrected chi connectivity index (χ2v) is 8.66. The molecule has 2 rings (SSSR count). The molecule has 0 saturated carbocycles. The Morgan fingerprint density at radius 2 is 2.27 bits per heavy atom. The van der Waals surface area contributed by atoms with Crippen molar-refractivity contribution in [2.24, 2.45) is 10.8 Å². The van der Waals surface area contributed by atoms with Gasteiger partial charge in [-0.1, -0.05) is 27.7 Å². The number of hydrogen-bond donors (Lipinski definition) is 2. The zero-order valence-electron chi connectivity index (χ0n) is 14.0. The molecule has 5 nitrogen and oxygen atoms in total. The van der Waals surface area contributed by atoms with Gasteiger partial charge in [-0.25, -0.2) is 9.78 Å². The average Bonchev–Trinajstić information content (AvgIpc) is 2.83. The smallest absolute Gasteiger partial charge is 0.323 e. The molecule has 0 aliphatic carbocycles. The Morgan fingerprint density at radius 1 is 1.55 bits per heavy atom. The van der Waals surface area contributed by atoms with Gasteiger partial charge in [-0.05, 0) is 24.7 Å². The van der Waals surface area contributed by atoms with Crippen LogP contribution in [0.3, 0.4) is 0 Å². The van der Waals surface area contributed by atoms with E-state index in [9.17, 15) is 9.90 Å². The third-order valence-corrected chi connectivity index (χ3v) is 4.73. The fourth-order valence-electron chi connectivity index (χ4n) is 2.78. The number of hydrogen-bond acceptors (Lipinski definition) is 4. The second kappa shape index (κ2) is 6.54. The summed E-state index contributed by atoms with van der Waals surface area (Å²) in [6, 6.07) is -0.115. The van der Waals surface area contributed by atoms with Crippen molar-refractivity contribution in [3.05, 3.63) is 11.1 Å². The molecule has 1 saturated heterocycles. The zero-order valence-corrected chi connectivity index (χ0v) is 14.8. The number of nitrogens with zero attached hydrogens (tertiary/aromatic N) is 2. The summed E-state index contributed by atoms with van der Waals surface area (Å²) in [6.07, 6.45) is 2.78. The third-order valence-electron chi connectivity index (χ3n) is 3.93. The largest absolute Gasteiger partial charge is 0.396 e. The van der Waals surface area contributed by atoms with Crippen LogP contribution in [0.2, 0.25) is 0 Å². The van der Waals surface area contributed by atoms with Gasteiger partial charge in [-0.2, -0.15) is 0 Å². The molecule has 22 heavy (non-hydrogen) atoms. The van der Waals surface area contributed by atoms with E-state index < -0.39 is 0 Å². The molecule has 1 unspecified atom stereocenters. The fourth-order valence-corrected chi connectivity index (χ4v) is 3.48. The van der Waals surface area contributed by atoms with Crippen LogP contribution in [0, 0.1) is 10.8 Å². The van der Waals surface area contributed by atoms with E-state index in [0.29, 0.717) is 11.7 Å². The van der Waals surface area contributed by atoms with E-state index >= 15 is 0 Å². The number of thiazole rings is 1. The number of aliphatic hydroxyl groups is 1. The number of carbonyl (C=O) groups is 1. The summed E-state index contributed by atoms with van der Waals surface area (Å²) in [5.41, 5.74) is 1.02. The molecular formula is C16H27N3O2S. The Morgan fingerprint density at radius 3 is 2.91 bits per heavy atom. The van der Waals surface area contributed by atoms with Gasteiger partial charge < -0.3 is 10.0 Å². The molecule has 0 aromatic carbocycles. The van der Waals surface area contributed by atoms with Crippen molar-refractivity contribution in [2.75, 3.05) is 25.0 Å². The van der Waals surface area contributed by atoms with Gasteiger partial charge in [0, 0.05) is 23.9 Å². The van der Waals surface area contributed by atoms with Crippen molar-refractivity contribution >= 4 is 22.5 Å². The van der Waals surface area contributed by atoms with Crippen LogP contribution in [0.1, 0.15) is 46.2 Å². The fraction of sp³-hybridized carbons (Fsp3) is 0.750. The molecule has 1 aliphatic heterocycles. The van der Waals surface area contributed by atoms with Crippen molar-refractivity contribution in [3.8, 4) is 0 Å². The van der Waals surface area contributed by atoms with Crippen LogP contribution in [0.5, 0.6) is 0 Å². The van der Waals surface area contributed by atoms with Crippen molar-refractivity contribution in [2.45, 2.75) is 47.0 Å². The van der Waals surface area contributed by atoms with E-state index in [1.165, 1.54) is 11.3 Å². The quantitative estimate of drug-likeness (QED) is 0.895. The van der Waals surface area contributed by atoms with Gasteiger partial charge >= 0.3 is 6.03 Å². The highest BCUT2D eigenvalue weighted by atomic mass is 32.1. The van der Waals surface area contributed by atoms with Gasteiger partial charge in [-0.15, -0.1) is 11.3 Å². The molecule has 1 aromatic rings. The number of anilines is 1. The van der Waals surface area contributed by atoms with E-state index in [1.807, 2.05) is 12.3 Å². The second-order valence-electron chi connectivity index (χ2n) is 7.81. The molecule has 2 heterocycles. The highest BCUT2D eigenvalue weighted by Crippen LogP contribution is 2.29. The highest BCUT2D eigenvalue weighted by Gasteiger charge is 2.32. The van der Waals surface area contributed by atoms with Crippen molar-refractivity contribution in [1.29, 1.82) is 0 Å². The number of carbonyl (C=O) groups excluding carboxylic acids is 1. The van der Waals surface area contributed by atoms with Crippen LogP contribution >= 0.6 is 11.3 Å². The molecule has 2 N–H and O–H groups in total. The first-order chi connectivity index (χ1) is 10.2. The molecule has 0 radical (unpaired) electrons. The van der Waals surface area contributed by atoms with Gasteiger partial charge in [0.2, 0.25) is 0 Å². The first-order valence-electron chi connectivity index (χ1n) is 7.82. The lowest BCUT2D eigenvalue weighted by Crippen LogP contribution is -2.47. The minimum atomic E-state index is -0.185. The van der Waals surface area contributed by atoms with Crippen LogP contribution < -0.4 is 5.32 Å². The van der Waals surface area contributed by atoms with Gasteiger partial charge in [0.15, 0.2) is 5.13 Å². The Hall–Kier alpha value is -1.14. The van der Waals surface area contributed by atoms with Crippen molar-refractivity contribution in [3.63, 3.8) is 0 Å². The molecule has 6 heteroatoms. The predicted molar refractivity (Wildman–Crippen MR) is 90.3 cm³/mol. The first-order valence-corrected chi connectivity index (χ1v) is 8.70. The van der Waals surface area contributed by atoms with E-state index in [4.69, 9.17) is 0 Å². The lowest BCUT2D eigenvalue weighted by atomic mass is 9.83. The molecule has 0 bridgehead atoms. The van der Waals surface area contributed by atoms with Gasteiger partial charge in [-0.3, -0.25) is 5.32 Å². The maximum absolute atomic E-state index is 12.4. The lowest BCUT2D eigenvalue weighted by molar-refractivity contribution is 0.0648. The number of likely N-dealkylation sites (tertiary alicyclic amines) is 1. The SMILES string of the molecule is CC(C)(C)Cc1csc(NC(=O)N2CCCC(C)(CO)C2)n1. The van der Waals surface area contributed by atoms with Crippen molar-refractivity contribution in [1.82, 2.24) is 9.88 Å². The van der Waals surface area contributed by atoms with Gasteiger partial charge in [0.25, 0.3) is 0 Å². The number of rotatable bonds is 3. The summed E-state index contributed by atoms with van der Waals surface area (Å²) < 4.78 is 0. The Labute approximate surface area is 136 Å². The minimum absolute atomic E-state index is 0.115. The summed E-state index contributed by atoms with van der Waals surface area (Å²) >= 11 is 1.47. The molecular weight excluding hydrogens is 298 g/mol. The predicted octanol–water partition coefficient (Wildman–Crippen LogP) is 3.36. The molecule has 1 fully saturated rings. The normalized spacial score (nSPS) is 22.7. The maximum Gasteiger partial charge on any atom is 0.323 e. The topological polar surface area (TPSA) is 65.5 Å². The maximum atomic E-state index is 12.4. The first kappa shape index (κ1) is 17.2. The summed E-state index contributed by atoms with van der Waals surface area (Å²) in [5.74, 6) is 0. The van der Waals surface area contributed by atoms with Crippen LogP contribution in [-0.4, -0.2) is 40.7 Å². The number of nitrogens with one attached hydrogen (secondary N) is 1. The van der Waals surface area contributed by atoms with Gasteiger partial charge in [0.05, 0.1) is 12.3 Å². The van der Waals surface area contributed by atoms with Crippen LogP contribution in [0.15, 0.2) is 5.38 Å². The minimum Gasteiger partial charge on any atom is -0.396 e. The van der Waals surface area contributed by atoms with E-state index in [2.05, 4.69) is 31.1 Å². The average molecular weight is 325 g/mol. The van der Waals surface area contributed by atoms with Crippen LogP contribution in [0.25, 0.3) is 0 Å². The Bertz CT molecular complexity index is 524. The summed E-state index contributed by atoms with van der Waals surface area (Å²) in [5, 5.41) is 15.0. The van der Waals surface area contributed by atoms with E-state index in [1.54, 1.807) is 4.90 Å². The van der Waals surface area contributed by atoms with Crippen molar-refractivity contribution < 1.29 is 9.90 Å². The Kier molecular flexibility index (Phi) is 5.12. The Balaban J connectivity index is 1.94. The number of piperidine rings is 1. The van der Waals surface area contributed by atoms with Crippen LogP contribution in [0.4, 0.5) is 9.93 Å². The number of aliphatic hydroxyl groups excluding tert-OH is 1. The molecule has 0 spiro atoms. The summed E-state index contributed by atoms with van der Waals surface area (Å²) in [7, 11) is 0. The third kappa shape index (κ3) is 4.68. The molecule has 2 amide bonds. The molecule has 1 atom stereocenters. The standard InChI is InChI=1S/C16H27N3O2S/c1-15(2,3)8-12-9-22-13(17-12)18-14(21)19-7-5-6-16(4,10-19)11-20/h9,20H,5-8,10-11H2,1-4H3,(H,17,18,21). The zero-order chi connectivity index (χ0) is 16.4. The number of urea groups is 1. The van der Waals surface area contributed by atoms with Crippen LogP contribution in [-0.2, 0) is 6.42 Å². The summed E-state index contributed by atoms with van der Waals surface area (Å²) in [4.78, 5) is 18.6. The van der Waals surface area contributed by atoms with E-state index in [0.717, 1.165) is 31.5 Å². The monoisotopic (exact) mass is 325 g/mol. The molecule has 1 aliphatic rings. The molecule has 124 valence electrons. The van der Waals surface area contributed by atoms with E-state index in [-0.39, 0.29) is 23.5 Å². The van der Waals surface area contributed by atoms with Gasteiger partial charge in [0.1, 0.15) is 0 Å². The number of aromatic nitrogens is 1. The summed E-state index contributed by atoms with van der Waals surface area (Å²) in [6.45, 7) is 9.99. The lowest BCUT2D eigenvalue weighted by Gasteiger charge is -2.39. The highest BCUT2D eigenvalue weighted by molar-refractivity contribution is 7.13. The number of amides is 2. The molecule has 1 aromatic heterocycles.